The second-order valence-corrected chi connectivity index (χ2v) is 9.79. The average molecular weight is 546 g/mol. The maximum absolute atomic E-state index is 13.3. The maximum atomic E-state index is 13.3. The van der Waals surface area contributed by atoms with Gasteiger partial charge >= 0.3 is 0 Å². The molecule has 9 heteroatoms. The first-order chi connectivity index (χ1) is 17.3. The summed E-state index contributed by atoms with van der Waals surface area (Å²) in [7, 11) is 0. The van der Waals surface area contributed by atoms with Gasteiger partial charge in [-0.3, -0.25) is 14.5 Å². The second-order valence-electron chi connectivity index (χ2n) is 7.98. The Kier molecular flexibility index (Phi) is 8.24. The molecule has 2 amide bonds. The van der Waals surface area contributed by atoms with Crippen molar-refractivity contribution in [2.24, 2.45) is 0 Å². The van der Waals surface area contributed by atoms with Crippen molar-refractivity contribution in [1.82, 2.24) is 4.90 Å². The molecular weight excluding hydrogens is 524 g/mol. The topological polar surface area (TPSA) is 55.8 Å². The van der Waals surface area contributed by atoms with Crippen molar-refractivity contribution in [1.29, 1.82) is 0 Å². The lowest BCUT2D eigenvalue weighted by atomic mass is 10.1. The molecule has 0 aliphatic carbocycles. The molecule has 0 bridgehead atoms. The van der Waals surface area contributed by atoms with Crippen molar-refractivity contribution in [3.05, 3.63) is 97.6 Å². The minimum absolute atomic E-state index is 0.0578. The lowest BCUT2D eigenvalue weighted by Crippen LogP contribution is -2.27. The second kappa shape index (κ2) is 11.4. The van der Waals surface area contributed by atoms with Gasteiger partial charge in [0.25, 0.3) is 11.1 Å². The average Bonchev–Trinajstić information content (AvgIpc) is 3.08. The summed E-state index contributed by atoms with van der Waals surface area (Å²) in [6.07, 6.45) is 1.58. The van der Waals surface area contributed by atoms with Gasteiger partial charge in [-0.1, -0.05) is 53.5 Å². The first-order valence-corrected chi connectivity index (χ1v) is 12.7. The fourth-order valence-corrected chi connectivity index (χ4v) is 4.94. The van der Waals surface area contributed by atoms with Gasteiger partial charge in [0.2, 0.25) is 0 Å². The first-order valence-electron chi connectivity index (χ1n) is 11.1. The SMILES string of the molecule is CCOc1cc(/C=C2\SC(=O)N(Cc3ccc(F)cc3Cl)C2=O)cc(Cl)c1OCc1ccccc1C. The molecule has 0 aromatic heterocycles. The summed E-state index contributed by atoms with van der Waals surface area (Å²) in [5.74, 6) is -0.134. The fourth-order valence-electron chi connectivity index (χ4n) is 3.60. The minimum Gasteiger partial charge on any atom is -0.490 e. The Morgan fingerprint density at radius 2 is 1.78 bits per heavy atom. The van der Waals surface area contributed by atoms with E-state index in [9.17, 15) is 14.0 Å². The molecule has 1 heterocycles. The highest BCUT2D eigenvalue weighted by Crippen LogP contribution is 2.40. The van der Waals surface area contributed by atoms with E-state index >= 15 is 0 Å². The van der Waals surface area contributed by atoms with Crippen molar-refractivity contribution >= 4 is 52.2 Å². The molecule has 0 N–H and O–H groups in total. The molecule has 0 spiro atoms. The lowest BCUT2D eigenvalue weighted by Gasteiger charge is -2.15. The van der Waals surface area contributed by atoms with Gasteiger partial charge in [-0.05, 0) is 78.2 Å². The standard InChI is InChI=1S/C27H22Cl2FNO4S/c1-3-34-23-11-17(10-22(29)25(23)35-15-19-7-5-4-6-16(19)2)12-24-26(32)31(27(33)36-24)14-18-8-9-20(30)13-21(18)28/h4-13H,3,14-15H2,1-2H3/b24-12-. The van der Waals surface area contributed by atoms with Gasteiger partial charge in [-0.2, -0.15) is 0 Å². The molecule has 4 rings (SSSR count). The Balaban J connectivity index is 1.56. The van der Waals surface area contributed by atoms with E-state index in [1.54, 1.807) is 18.2 Å². The van der Waals surface area contributed by atoms with Gasteiger partial charge in [0, 0.05) is 5.02 Å². The van der Waals surface area contributed by atoms with Crippen LogP contribution in [0.2, 0.25) is 10.0 Å². The largest absolute Gasteiger partial charge is 0.490 e. The summed E-state index contributed by atoms with van der Waals surface area (Å²) in [5.41, 5.74) is 3.17. The Morgan fingerprint density at radius 1 is 1.00 bits per heavy atom. The van der Waals surface area contributed by atoms with Crippen LogP contribution in [0.1, 0.15) is 29.2 Å². The number of ether oxygens (including phenoxy) is 2. The van der Waals surface area contributed by atoms with Crippen LogP contribution >= 0.6 is 35.0 Å². The van der Waals surface area contributed by atoms with Crippen LogP contribution in [0.5, 0.6) is 11.5 Å². The summed E-state index contributed by atoms with van der Waals surface area (Å²) < 4.78 is 25.1. The molecule has 36 heavy (non-hydrogen) atoms. The van der Waals surface area contributed by atoms with Crippen LogP contribution in [0, 0.1) is 12.7 Å². The smallest absolute Gasteiger partial charge is 0.293 e. The van der Waals surface area contributed by atoms with Gasteiger partial charge in [0.1, 0.15) is 12.4 Å². The number of nitrogens with zero attached hydrogens (tertiary/aromatic N) is 1. The molecular formula is C27H22Cl2FNO4S. The minimum atomic E-state index is -0.494. The Labute approximate surface area is 222 Å². The molecule has 1 saturated heterocycles. The van der Waals surface area contributed by atoms with E-state index < -0.39 is 17.0 Å². The molecule has 0 unspecified atom stereocenters. The summed E-state index contributed by atoms with van der Waals surface area (Å²) in [6.45, 7) is 4.49. The third kappa shape index (κ3) is 5.86. The number of imide groups is 1. The van der Waals surface area contributed by atoms with Crippen molar-refractivity contribution in [2.75, 3.05) is 6.61 Å². The van der Waals surface area contributed by atoms with Gasteiger partial charge in [0.15, 0.2) is 11.5 Å². The Hall–Kier alpha value is -3.00. The number of amides is 2. The molecule has 1 aliphatic rings. The van der Waals surface area contributed by atoms with Gasteiger partial charge < -0.3 is 9.47 Å². The van der Waals surface area contributed by atoms with Crippen LogP contribution in [-0.4, -0.2) is 22.7 Å². The number of carbonyl (C=O) groups is 2. The number of benzene rings is 3. The Morgan fingerprint density at radius 3 is 2.50 bits per heavy atom. The van der Waals surface area contributed by atoms with Crippen molar-refractivity contribution in [3.8, 4) is 11.5 Å². The number of rotatable bonds is 8. The molecule has 186 valence electrons. The number of hydrogen-bond donors (Lipinski definition) is 0. The summed E-state index contributed by atoms with van der Waals surface area (Å²) in [4.78, 5) is 26.8. The number of aryl methyl sites for hydroxylation is 1. The number of thioether (sulfide) groups is 1. The lowest BCUT2D eigenvalue weighted by molar-refractivity contribution is -0.123. The molecule has 0 atom stereocenters. The van der Waals surface area contributed by atoms with Gasteiger partial charge in [-0.25, -0.2) is 4.39 Å². The van der Waals surface area contributed by atoms with Crippen LogP contribution in [0.15, 0.2) is 59.5 Å². The van der Waals surface area contributed by atoms with Crippen molar-refractivity contribution < 1.29 is 23.5 Å². The van der Waals surface area contributed by atoms with Crippen LogP contribution in [0.4, 0.5) is 9.18 Å². The number of halogens is 3. The predicted molar refractivity (Wildman–Crippen MR) is 141 cm³/mol. The molecule has 1 fully saturated rings. The summed E-state index contributed by atoms with van der Waals surface area (Å²) >= 11 is 13.4. The zero-order valence-corrected chi connectivity index (χ0v) is 21.8. The molecule has 5 nitrogen and oxygen atoms in total. The molecule has 0 radical (unpaired) electrons. The fraction of sp³-hybridized carbons (Fsp3) is 0.185. The zero-order chi connectivity index (χ0) is 25.8. The zero-order valence-electron chi connectivity index (χ0n) is 19.5. The van der Waals surface area contributed by atoms with E-state index in [0.717, 1.165) is 33.9 Å². The summed E-state index contributed by atoms with van der Waals surface area (Å²) in [6, 6.07) is 15.1. The number of carbonyl (C=O) groups excluding carboxylic acids is 2. The Bertz CT molecular complexity index is 1360. The van der Waals surface area contributed by atoms with Crippen LogP contribution < -0.4 is 9.47 Å². The van der Waals surface area contributed by atoms with E-state index in [2.05, 4.69) is 0 Å². The maximum Gasteiger partial charge on any atom is 0.293 e. The quantitative estimate of drug-likeness (QED) is 0.272. The van der Waals surface area contributed by atoms with Crippen molar-refractivity contribution in [3.63, 3.8) is 0 Å². The molecule has 1 aliphatic heterocycles. The van der Waals surface area contributed by atoms with E-state index in [-0.39, 0.29) is 16.5 Å². The first kappa shape index (κ1) is 26.1. The van der Waals surface area contributed by atoms with E-state index in [4.69, 9.17) is 32.7 Å². The normalized spacial score (nSPS) is 14.6. The van der Waals surface area contributed by atoms with Crippen LogP contribution in [0.3, 0.4) is 0 Å². The highest BCUT2D eigenvalue weighted by molar-refractivity contribution is 8.18. The van der Waals surface area contributed by atoms with Gasteiger partial charge in [0.05, 0.1) is 23.1 Å². The van der Waals surface area contributed by atoms with E-state index in [0.29, 0.717) is 40.9 Å². The monoisotopic (exact) mass is 545 g/mol. The number of hydrogen-bond acceptors (Lipinski definition) is 5. The van der Waals surface area contributed by atoms with Crippen LogP contribution in [0.25, 0.3) is 6.08 Å². The molecule has 0 saturated carbocycles. The summed E-state index contributed by atoms with van der Waals surface area (Å²) in [5, 5.41) is 0.0199. The highest BCUT2D eigenvalue weighted by atomic mass is 35.5. The van der Waals surface area contributed by atoms with Gasteiger partial charge in [-0.15, -0.1) is 0 Å². The molecule has 3 aromatic rings. The van der Waals surface area contributed by atoms with Crippen LogP contribution in [-0.2, 0) is 17.9 Å². The van der Waals surface area contributed by atoms with Crippen molar-refractivity contribution in [2.45, 2.75) is 27.0 Å². The predicted octanol–water partition coefficient (Wildman–Crippen LogP) is 7.66. The third-order valence-electron chi connectivity index (χ3n) is 5.48. The molecule has 3 aromatic carbocycles. The third-order valence-corrected chi connectivity index (χ3v) is 7.02. The van der Waals surface area contributed by atoms with E-state index in [1.807, 2.05) is 38.1 Å². The highest BCUT2D eigenvalue weighted by Gasteiger charge is 2.35. The van der Waals surface area contributed by atoms with E-state index in [1.165, 1.54) is 12.1 Å².